The number of ether oxygens (including phenoxy) is 2. The minimum Gasteiger partial charge on any atom is -0.497 e. The number of methoxy groups -OCH3 is 2. The van der Waals surface area contributed by atoms with Gasteiger partial charge >= 0.3 is 0 Å². The lowest BCUT2D eigenvalue weighted by atomic mass is 10.1. The first-order valence-corrected chi connectivity index (χ1v) is 7.88. The van der Waals surface area contributed by atoms with E-state index in [1.165, 1.54) is 0 Å². The van der Waals surface area contributed by atoms with E-state index in [0.29, 0.717) is 23.4 Å². The molecule has 0 saturated heterocycles. The van der Waals surface area contributed by atoms with E-state index in [4.69, 9.17) is 21.1 Å². The second-order valence-corrected chi connectivity index (χ2v) is 6.03. The van der Waals surface area contributed by atoms with Gasteiger partial charge in [-0.2, -0.15) is 0 Å². The fourth-order valence-corrected chi connectivity index (χ4v) is 2.44. The van der Waals surface area contributed by atoms with E-state index in [0.717, 1.165) is 29.0 Å². The van der Waals surface area contributed by atoms with Gasteiger partial charge in [0.25, 0.3) is 0 Å². The first-order valence-electron chi connectivity index (χ1n) is 7.50. The lowest BCUT2D eigenvalue weighted by Gasteiger charge is -2.12. The summed E-state index contributed by atoms with van der Waals surface area (Å²) >= 11 is 6.10. The quantitative estimate of drug-likeness (QED) is 0.830. The molecule has 0 fully saturated rings. The monoisotopic (exact) mass is 335 g/mol. The number of anilines is 1. The highest BCUT2D eigenvalue weighted by Crippen LogP contribution is 2.25. The summed E-state index contributed by atoms with van der Waals surface area (Å²) in [6, 6.07) is 7.67. The van der Waals surface area contributed by atoms with Crippen LogP contribution >= 0.6 is 11.6 Å². The molecule has 1 heterocycles. The minimum atomic E-state index is 0.464. The van der Waals surface area contributed by atoms with Gasteiger partial charge < -0.3 is 14.8 Å². The highest BCUT2D eigenvalue weighted by molar-refractivity contribution is 6.30. The van der Waals surface area contributed by atoms with Crippen LogP contribution in [-0.2, 0) is 13.0 Å². The molecule has 0 amide bonds. The smallest absolute Gasteiger partial charge is 0.155 e. The number of hydrogen-bond donors (Lipinski definition) is 1. The Kier molecular flexibility index (Phi) is 6.04. The fraction of sp³-hybridized carbons (Fsp3) is 0.412. The normalized spacial score (nSPS) is 10.7. The third kappa shape index (κ3) is 4.73. The van der Waals surface area contributed by atoms with Crippen molar-refractivity contribution < 1.29 is 9.47 Å². The number of aromatic nitrogens is 2. The molecule has 0 aliphatic carbocycles. The van der Waals surface area contributed by atoms with Gasteiger partial charge in [-0.25, -0.2) is 0 Å². The molecular formula is C17H22ClN3O2. The van der Waals surface area contributed by atoms with Crippen LogP contribution < -0.4 is 14.8 Å². The Morgan fingerprint density at radius 2 is 1.87 bits per heavy atom. The molecular weight excluding hydrogens is 314 g/mol. The second kappa shape index (κ2) is 8.02. The molecule has 2 rings (SSSR count). The predicted octanol–water partition coefficient (Wildman–Crippen LogP) is 3.96. The zero-order valence-corrected chi connectivity index (χ0v) is 14.6. The topological polar surface area (TPSA) is 56.3 Å². The minimum absolute atomic E-state index is 0.464. The summed E-state index contributed by atoms with van der Waals surface area (Å²) in [5.41, 5.74) is 2.01. The van der Waals surface area contributed by atoms with Crippen LogP contribution in [0.4, 0.5) is 5.82 Å². The molecule has 0 radical (unpaired) electrons. The Bertz CT molecular complexity index is 662. The number of rotatable bonds is 7. The molecule has 6 heteroatoms. The first-order chi connectivity index (χ1) is 11.0. The van der Waals surface area contributed by atoms with Gasteiger partial charge in [0.15, 0.2) is 5.15 Å². The molecule has 2 aromatic rings. The highest BCUT2D eigenvalue weighted by atomic mass is 35.5. The van der Waals surface area contributed by atoms with Crippen molar-refractivity contribution in [1.82, 2.24) is 10.2 Å². The average Bonchev–Trinajstić information content (AvgIpc) is 2.55. The number of nitrogens with zero attached hydrogens (tertiary/aromatic N) is 2. The van der Waals surface area contributed by atoms with Gasteiger partial charge in [0.1, 0.15) is 17.3 Å². The Labute approximate surface area is 142 Å². The van der Waals surface area contributed by atoms with Gasteiger partial charge in [-0.1, -0.05) is 25.4 Å². The largest absolute Gasteiger partial charge is 0.497 e. The van der Waals surface area contributed by atoms with Crippen LogP contribution in [-0.4, -0.2) is 24.4 Å². The van der Waals surface area contributed by atoms with E-state index >= 15 is 0 Å². The van der Waals surface area contributed by atoms with Crippen LogP contribution in [0.15, 0.2) is 24.3 Å². The van der Waals surface area contributed by atoms with Crippen LogP contribution in [0.2, 0.25) is 5.15 Å². The van der Waals surface area contributed by atoms with Crippen molar-refractivity contribution in [3.8, 4) is 11.5 Å². The predicted molar refractivity (Wildman–Crippen MR) is 92.5 cm³/mol. The number of benzene rings is 1. The van der Waals surface area contributed by atoms with Crippen molar-refractivity contribution >= 4 is 17.4 Å². The summed E-state index contributed by atoms with van der Waals surface area (Å²) in [6.45, 7) is 4.86. The fourth-order valence-electron chi connectivity index (χ4n) is 2.27. The SMILES string of the molecule is COc1ccc(CNc2cc(CC(C)C)c(Cl)nn2)c(OC)c1. The third-order valence-electron chi connectivity index (χ3n) is 3.40. The van der Waals surface area contributed by atoms with E-state index in [-0.39, 0.29) is 0 Å². The highest BCUT2D eigenvalue weighted by Gasteiger charge is 2.09. The van der Waals surface area contributed by atoms with E-state index in [1.807, 2.05) is 24.3 Å². The van der Waals surface area contributed by atoms with Gasteiger partial charge in [0, 0.05) is 18.2 Å². The van der Waals surface area contributed by atoms with Gasteiger partial charge in [-0.15, -0.1) is 10.2 Å². The van der Waals surface area contributed by atoms with Crippen molar-refractivity contribution in [2.24, 2.45) is 5.92 Å². The molecule has 0 aliphatic rings. The van der Waals surface area contributed by atoms with Gasteiger partial charge in [-0.3, -0.25) is 0 Å². The molecule has 0 aliphatic heterocycles. The van der Waals surface area contributed by atoms with E-state index in [2.05, 4.69) is 29.4 Å². The molecule has 1 aromatic carbocycles. The van der Waals surface area contributed by atoms with Crippen molar-refractivity contribution in [2.45, 2.75) is 26.8 Å². The van der Waals surface area contributed by atoms with E-state index < -0.39 is 0 Å². The van der Waals surface area contributed by atoms with E-state index in [1.54, 1.807) is 14.2 Å². The summed E-state index contributed by atoms with van der Waals surface area (Å²) in [6.07, 6.45) is 0.870. The molecule has 1 aromatic heterocycles. The van der Waals surface area contributed by atoms with Crippen molar-refractivity contribution in [1.29, 1.82) is 0 Å². The summed E-state index contributed by atoms with van der Waals surface area (Å²) < 4.78 is 10.6. The number of hydrogen-bond acceptors (Lipinski definition) is 5. The molecule has 0 spiro atoms. The molecule has 0 unspecified atom stereocenters. The van der Waals surface area contributed by atoms with Crippen molar-refractivity contribution in [2.75, 3.05) is 19.5 Å². The zero-order chi connectivity index (χ0) is 16.8. The maximum atomic E-state index is 6.10. The summed E-state index contributed by atoms with van der Waals surface area (Å²) in [7, 11) is 3.27. The number of halogens is 1. The van der Waals surface area contributed by atoms with Crippen LogP contribution in [0.25, 0.3) is 0 Å². The standard InChI is InChI=1S/C17H22ClN3O2/c1-11(2)7-13-8-16(20-21-17(13)18)19-10-12-5-6-14(22-3)9-15(12)23-4/h5-6,8-9,11H,7,10H2,1-4H3,(H,19,20). The molecule has 1 N–H and O–H groups in total. The van der Waals surface area contributed by atoms with Crippen LogP contribution in [0, 0.1) is 5.92 Å². The summed E-state index contributed by atoms with van der Waals surface area (Å²) in [4.78, 5) is 0. The summed E-state index contributed by atoms with van der Waals surface area (Å²) in [5.74, 6) is 2.73. The van der Waals surface area contributed by atoms with Gasteiger partial charge in [-0.05, 0) is 36.1 Å². The number of nitrogens with one attached hydrogen (secondary N) is 1. The molecule has 23 heavy (non-hydrogen) atoms. The van der Waals surface area contributed by atoms with Crippen LogP contribution in [0.5, 0.6) is 11.5 Å². The molecule has 124 valence electrons. The maximum absolute atomic E-state index is 6.10. The molecule has 5 nitrogen and oxygen atoms in total. The Morgan fingerprint density at radius 1 is 1.09 bits per heavy atom. The van der Waals surface area contributed by atoms with Crippen LogP contribution in [0.1, 0.15) is 25.0 Å². The van der Waals surface area contributed by atoms with Gasteiger partial charge in [0.05, 0.1) is 14.2 Å². The second-order valence-electron chi connectivity index (χ2n) is 5.67. The molecule has 0 saturated carbocycles. The lowest BCUT2D eigenvalue weighted by molar-refractivity contribution is 0.391. The van der Waals surface area contributed by atoms with Crippen molar-refractivity contribution in [3.63, 3.8) is 0 Å². The average molecular weight is 336 g/mol. The van der Waals surface area contributed by atoms with Crippen molar-refractivity contribution in [3.05, 3.63) is 40.5 Å². The zero-order valence-electron chi connectivity index (χ0n) is 13.9. The lowest BCUT2D eigenvalue weighted by Crippen LogP contribution is -2.06. The van der Waals surface area contributed by atoms with Gasteiger partial charge in [0.2, 0.25) is 0 Å². The van der Waals surface area contributed by atoms with E-state index in [9.17, 15) is 0 Å². The maximum Gasteiger partial charge on any atom is 0.155 e. The Morgan fingerprint density at radius 3 is 2.52 bits per heavy atom. The third-order valence-corrected chi connectivity index (χ3v) is 3.72. The molecule has 0 bridgehead atoms. The first kappa shape index (κ1) is 17.3. The summed E-state index contributed by atoms with van der Waals surface area (Å²) in [5, 5.41) is 11.8. The Balaban J connectivity index is 2.11. The Hall–Kier alpha value is -2.01. The molecule has 0 atom stereocenters. The van der Waals surface area contributed by atoms with Crippen LogP contribution in [0.3, 0.4) is 0 Å².